The van der Waals surface area contributed by atoms with E-state index in [0.29, 0.717) is 64.6 Å². The van der Waals surface area contributed by atoms with Crippen molar-refractivity contribution in [2.75, 3.05) is 24.3 Å². The molecular weight excluding hydrogens is 456 g/mol. The van der Waals surface area contributed by atoms with Gasteiger partial charge in [-0.25, -0.2) is 9.97 Å². The lowest BCUT2D eigenvalue weighted by atomic mass is 10.1. The number of hydrogen-bond acceptors (Lipinski definition) is 7. The summed E-state index contributed by atoms with van der Waals surface area (Å²) < 4.78 is 7.23. The maximum absolute atomic E-state index is 12.8. The normalized spacial score (nSPS) is 12.7. The number of rotatable bonds is 7. The minimum atomic E-state index is -0.158. The first-order chi connectivity index (χ1) is 16.5. The van der Waals surface area contributed by atoms with Gasteiger partial charge in [-0.15, -0.1) is 0 Å². The van der Waals surface area contributed by atoms with E-state index in [1.807, 2.05) is 31.4 Å². The second-order valence-corrected chi connectivity index (χ2v) is 8.19. The Morgan fingerprint density at radius 1 is 1.26 bits per heavy atom. The van der Waals surface area contributed by atoms with Crippen molar-refractivity contribution >= 4 is 34.8 Å². The van der Waals surface area contributed by atoms with Gasteiger partial charge in [0.25, 0.3) is 5.91 Å². The summed E-state index contributed by atoms with van der Waals surface area (Å²) in [4.78, 5) is 25.2. The number of ether oxygens (including phenoxy) is 1. The fourth-order valence-corrected chi connectivity index (χ4v) is 4.21. The van der Waals surface area contributed by atoms with E-state index in [9.17, 15) is 4.79 Å². The molecule has 0 atom stereocenters. The molecule has 4 N–H and O–H groups in total. The minimum Gasteiger partial charge on any atom is -0.493 e. The number of methoxy groups -OCH3 is 1. The summed E-state index contributed by atoms with van der Waals surface area (Å²) in [7, 11) is 3.42. The third-order valence-corrected chi connectivity index (χ3v) is 5.80. The molecule has 0 aliphatic carbocycles. The summed E-state index contributed by atoms with van der Waals surface area (Å²) in [5.41, 5.74) is 4.80. The highest BCUT2D eigenvalue weighted by Crippen LogP contribution is 2.40. The van der Waals surface area contributed by atoms with E-state index in [2.05, 4.69) is 36.0 Å². The Hall–Kier alpha value is -4.05. The fraction of sp³-hybridized carbons (Fsp3) is 0.217. The summed E-state index contributed by atoms with van der Waals surface area (Å²) in [6, 6.07) is 9.12. The number of anilines is 3. The maximum Gasteiger partial charge on any atom is 0.255 e. The van der Waals surface area contributed by atoms with Crippen LogP contribution in [0.4, 0.5) is 17.3 Å². The van der Waals surface area contributed by atoms with Crippen LogP contribution in [0, 0.1) is 0 Å². The molecule has 34 heavy (non-hydrogen) atoms. The van der Waals surface area contributed by atoms with Gasteiger partial charge < -0.3 is 25.7 Å². The number of fused-ring (bicyclic) bond motifs is 1. The third-order valence-electron chi connectivity index (χ3n) is 5.50. The summed E-state index contributed by atoms with van der Waals surface area (Å²) in [5.74, 6) is 0.781. The number of aromatic amines is 1. The Kier molecular flexibility index (Phi) is 5.81. The van der Waals surface area contributed by atoms with Crippen molar-refractivity contribution in [3.05, 3.63) is 64.7 Å². The number of nitrogens with one attached hydrogen (secondary N) is 4. The van der Waals surface area contributed by atoms with Crippen molar-refractivity contribution in [1.29, 1.82) is 0 Å². The van der Waals surface area contributed by atoms with Gasteiger partial charge in [0, 0.05) is 38.1 Å². The first-order valence-electron chi connectivity index (χ1n) is 10.7. The lowest BCUT2D eigenvalue weighted by Gasteiger charge is -2.17. The molecule has 0 unspecified atom stereocenters. The Labute approximate surface area is 200 Å². The zero-order valence-electron chi connectivity index (χ0n) is 18.6. The van der Waals surface area contributed by atoms with Crippen LogP contribution in [-0.4, -0.2) is 44.3 Å². The van der Waals surface area contributed by atoms with Crippen LogP contribution in [0.5, 0.6) is 5.75 Å². The maximum atomic E-state index is 12.8. The summed E-state index contributed by atoms with van der Waals surface area (Å²) in [6.07, 6.45) is 4.23. The molecule has 0 saturated heterocycles. The first-order valence-corrected chi connectivity index (χ1v) is 11.1. The van der Waals surface area contributed by atoms with Gasteiger partial charge in [-0.2, -0.15) is 5.10 Å². The lowest BCUT2D eigenvalue weighted by molar-refractivity contribution is 0.0947. The zero-order valence-corrected chi connectivity index (χ0v) is 19.4. The third kappa shape index (κ3) is 4.15. The number of aromatic nitrogens is 5. The van der Waals surface area contributed by atoms with Gasteiger partial charge in [-0.05, 0) is 24.3 Å². The second-order valence-electron chi connectivity index (χ2n) is 7.78. The predicted molar refractivity (Wildman–Crippen MR) is 130 cm³/mol. The molecule has 0 saturated carbocycles. The minimum absolute atomic E-state index is 0.158. The van der Waals surface area contributed by atoms with Crippen LogP contribution >= 0.6 is 11.6 Å². The SMILES string of the molecule is COc1c(Cl)cccc1Nc1c(-c2ccnc(NCc3ccn(C)n3)n2)[nH]c2c1C(=O)NCC2. The molecule has 10 nitrogen and oxygen atoms in total. The standard InChI is InChI=1S/C23H23ClN8O2/c1-32-11-8-13(31-32)12-27-23-26-10-7-16(30-23)19-20(18-15(28-19)6-9-25-22(18)33)29-17-5-3-4-14(24)21(17)34-2/h3-5,7-8,10-11,28-29H,6,9,12H2,1-2H3,(H,25,33)(H,26,27,30). The van der Waals surface area contributed by atoms with Gasteiger partial charge in [0.15, 0.2) is 5.75 Å². The number of benzene rings is 1. The monoisotopic (exact) mass is 478 g/mol. The summed E-state index contributed by atoms with van der Waals surface area (Å²) >= 11 is 6.32. The van der Waals surface area contributed by atoms with E-state index >= 15 is 0 Å². The highest BCUT2D eigenvalue weighted by molar-refractivity contribution is 6.32. The van der Waals surface area contributed by atoms with Crippen molar-refractivity contribution in [2.45, 2.75) is 13.0 Å². The van der Waals surface area contributed by atoms with Crippen LogP contribution in [-0.2, 0) is 20.0 Å². The van der Waals surface area contributed by atoms with E-state index in [4.69, 9.17) is 16.3 Å². The number of carbonyl (C=O) groups is 1. The van der Waals surface area contributed by atoms with Gasteiger partial charge in [0.2, 0.25) is 5.95 Å². The van der Waals surface area contributed by atoms with Crippen LogP contribution < -0.4 is 20.7 Å². The molecule has 1 aromatic carbocycles. The highest BCUT2D eigenvalue weighted by Gasteiger charge is 2.28. The molecule has 11 heteroatoms. The first kappa shape index (κ1) is 21.8. The molecule has 1 amide bonds. The second kappa shape index (κ2) is 9.06. The molecule has 3 aromatic heterocycles. The van der Waals surface area contributed by atoms with Gasteiger partial charge in [0.05, 0.1) is 52.7 Å². The molecule has 4 heterocycles. The number of carbonyl (C=O) groups excluding carboxylic acids is 1. The number of aryl methyl sites for hydroxylation is 1. The summed E-state index contributed by atoms with van der Waals surface area (Å²) in [6.45, 7) is 1.05. The predicted octanol–water partition coefficient (Wildman–Crippen LogP) is 3.51. The average molecular weight is 479 g/mol. The van der Waals surface area contributed by atoms with E-state index < -0.39 is 0 Å². The molecule has 174 valence electrons. The van der Waals surface area contributed by atoms with Crippen molar-refractivity contribution < 1.29 is 9.53 Å². The van der Waals surface area contributed by atoms with Crippen molar-refractivity contribution in [1.82, 2.24) is 30.0 Å². The molecule has 0 radical (unpaired) electrons. The molecule has 4 aromatic rings. The molecule has 1 aliphatic rings. The number of hydrogen-bond donors (Lipinski definition) is 4. The quantitative estimate of drug-likeness (QED) is 0.320. The van der Waals surface area contributed by atoms with Gasteiger partial charge in [-0.3, -0.25) is 9.48 Å². The van der Waals surface area contributed by atoms with E-state index in [0.717, 1.165) is 11.4 Å². The zero-order chi connectivity index (χ0) is 23.7. The number of halogens is 1. The van der Waals surface area contributed by atoms with Crippen LogP contribution in [0.3, 0.4) is 0 Å². The van der Waals surface area contributed by atoms with Crippen molar-refractivity contribution in [2.24, 2.45) is 7.05 Å². The van der Waals surface area contributed by atoms with E-state index in [1.165, 1.54) is 0 Å². The average Bonchev–Trinajstić information content (AvgIpc) is 3.42. The number of amides is 1. The Balaban J connectivity index is 1.53. The Morgan fingerprint density at radius 3 is 2.94 bits per heavy atom. The fourth-order valence-electron chi connectivity index (χ4n) is 3.96. The molecule has 0 fully saturated rings. The van der Waals surface area contributed by atoms with Crippen LogP contribution in [0.1, 0.15) is 21.7 Å². The number of para-hydroxylation sites is 1. The molecule has 5 rings (SSSR count). The highest BCUT2D eigenvalue weighted by atomic mass is 35.5. The van der Waals surface area contributed by atoms with E-state index in [-0.39, 0.29) is 5.91 Å². The van der Waals surface area contributed by atoms with Gasteiger partial charge in [-0.1, -0.05) is 17.7 Å². The Morgan fingerprint density at radius 2 is 2.15 bits per heavy atom. The molecule has 0 bridgehead atoms. The van der Waals surface area contributed by atoms with Crippen LogP contribution in [0.2, 0.25) is 5.02 Å². The molecule has 0 spiro atoms. The topological polar surface area (TPSA) is 122 Å². The van der Waals surface area contributed by atoms with Crippen molar-refractivity contribution in [3.8, 4) is 17.1 Å². The molecule has 1 aliphatic heterocycles. The number of H-pyrrole nitrogens is 1. The lowest BCUT2D eigenvalue weighted by Crippen LogP contribution is -2.31. The Bertz CT molecular complexity index is 1360. The van der Waals surface area contributed by atoms with E-state index in [1.54, 1.807) is 30.1 Å². The van der Waals surface area contributed by atoms with Gasteiger partial charge in [0.1, 0.15) is 0 Å². The summed E-state index contributed by atoms with van der Waals surface area (Å²) in [5, 5.41) is 14.3. The van der Waals surface area contributed by atoms with Crippen LogP contribution in [0.25, 0.3) is 11.4 Å². The van der Waals surface area contributed by atoms with Crippen molar-refractivity contribution in [3.63, 3.8) is 0 Å². The smallest absolute Gasteiger partial charge is 0.255 e. The molecular formula is C23H23ClN8O2. The number of nitrogens with zero attached hydrogens (tertiary/aromatic N) is 4. The largest absolute Gasteiger partial charge is 0.493 e. The van der Waals surface area contributed by atoms with Gasteiger partial charge >= 0.3 is 0 Å². The van der Waals surface area contributed by atoms with Crippen LogP contribution in [0.15, 0.2) is 42.7 Å².